The van der Waals surface area contributed by atoms with Crippen LogP contribution in [0.25, 0.3) is 0 Å². The zero-order chi connectivity index (χ0) is 35.4. The van der Waals surface area contributed by atoms with E-state index >= 15 is 0 Å². The maximum Gasteiger partial charge on any atom is 0.472 e. The second-order valence-corrected chi connectivity index (χ2v) is 15.0. The van der Waals surface area contributed by atoms with Crippen LogP contribution in [0.3, 0.4) is 0 Å². The van der Waals surface area contributed by atoms with Crippen LogP contribution < -0.4 is 5.73 Å². The van der Waals surface area contributed by atoms with Gasteiger partial charge in [-0.2, -0.15) is 0 Å². The lowest BCUT2D eigenvalue weighted by molar-refractivity contribution is -0.161. The van der Waals surface area contributed by atoms with Gasteiger partial charge in [-0.25, -0.2) is 4.57 Å². The first kappa shape index (κ1) is 47.0. The summed E-state index contributed by atoms with van der Waals surface area (Å²) < 4.78 is 32.6. The van der Waals surface area contributed by atoms with Gasteiger partial charge in [-0.15, -0.1) is 0 Å². The molecule has 0 bridgehead atoms. The number of unbranched alkanes of at least 4 members (excludes halogenated alkanes) is 25. The number of phosphoric ester groups is 1. The molecule has 48 heavy (non-hydrogen) atoms. The van der Waals surface area contributed by atoms with Gasteiger partial charge in [0, 0.05) is 19.4 Å². The average Bonchev–Trinajstić information content (AvgIpc) is 3.07. The third-order valence-corrected chi connectivity index (χ3v) is 9.73. The van der Waals surface area contributed by atoms with Gasteiger partial charge in [-0.3, -0.25) is 18.6 Å². The minimum atomic E-state index is -4.36. The van der Waals surface area contributed by atoms with Crippen molar-refractivity contribution in [2.75, 3.05) is 26.4 Å². The first-order valence-electron chi connectivity index (χ1n) is 20.0. The first-order chi connectivity index (χ1) is 23.3. The van der Waals surface area contributed by atoms with E-state index in [4.69, 9.17) is 24.3 Å². The maximum atomic E-state index is 12.5. The molecule has 0 amide bonds. The van der Waals surface area contributed by atoms with E-state index in [-0.39, 0.29) is 38.6 Å². The summed E-state index contributed by atoms with van der Waals surface area (Å²) in [5, 5.41) is 0. The van der Waals surface area contributed by atoms with Crippen LogP contribution >= 0.6 is 7.82 Å². The summed E-state index contributed by atoms with van der Waals surface area (Å²) in [7, 11) is -4.36. The lowest BCUT2D eigenvalue weighted by Gasteiger charge is -2.19. The summed E-state index contributed by atoms with van der Waals surface area (Å²) in [4.78, 5) is 34.6. The van der Waals surface area contributed by atoms with Crippen LogP contribution in [-0.2, 0) is 32.7 Å². The lowest BCUT2D eigenvalue weighted by Crippen LogP contribution is -2.29. The number of carbonyl (C=O) groups excluding carboxylic acids is 2. The number of phosphoric acid groups is 1. The largest absolute Gasteiger partial charge is 0.472 e. The Morgan fingerprint density at radius 2 is 0.896 bits per heavy atom. The molecule has 0 aliphatic rings. The molecule has 0 rings (SSSR count). The minimum Gasteiger partial charge on any atom is -0.462 e. The number of hydrogen-bond donors (Lipinski definition) is 2. The fourth-order valence-electron chi connectivity index (χ4n) is 5.75. The predicted molar refractivity (Wildman–Crippen MR) is 197 cm³/mol. The van der Waals surface area contributed by atoms with Gasteiger partial charge in [0.1, 0.15) is 6.61 Å². The Bertz CT molecular complexity index is 769. The van der Waals surface area contributed by atoms with Gasteiger partial charge in [0.25, 0.3) is 0 Å². The molecule has 0 aliphatic carbocycles. The highest BCUT2D eigenvalue weighted by molar-refractivity contribution is 7.47. The third-order valence-electron chi connectivity index (χ3n) is 8.74. The van der Waals surface area contributed by atoms with Crippen LogP contribution in [0.5, 0.6) is 0 Å². The highest BCUT2D eigenvalue weighted by Crippen LogP contribution is 2.43. The van der Waals surface area contributed by atoms with Crippen molar-refractivity contribution < 1.29 is 37.6 Å². The van der Waals surface area contributed by atoms with E-state index in [2.05, 4.69) is 13.8 Å². The Hall–Kier alpha value is -0.990. The van der Waals surface area contributed by atoms with Crippen molar-refractivity contribution in [3.05, 3.63) is 0 Å². The van der Waals surface area contributed by atoms with E-state index < -0.39 is 26.5 Å². The Morgan fingerprint density at radius 1 is 0.542 bits per heavy atom. The van der Waals surface area contributed by atoms with Crippen LogP contribution in [0.4, 0.5) is 0 Å². The molecule has 0 aromatic rings. The summed E-state index contributed by atoms with van der Waals surface area (Å²) >= 11 is 0. The van der Waals surface area contributed by atoms with Gasteiger partial charge < -0.3 is 20.1 Å². The van der Waals surface area contributed by atoms with E-state index in [0.29, 0.717) is 6.42 Å². The predicted octanol–water partition coefficient (Wildman–Crippen LogP) is 10.9. The fourth-order valence-corrected chi connectivity index (χ4v) is 6.52. The van der Waals surface area contributed by atoms with E-state index in [9.17, 15) is 19.0 Å². The van der Waals surface area contributed by atoms with Gasteiger partial charge in [0.15, 0.2) is 6.10 Å². The highest BCUT2D eigenvalue weighted by atomic mass is 31.2. The molecule has 0 radical (unpaired) electrons. The molecular formula is C38H76NO8P. The van der Waals surface area contributed by atoms with Crippen LogP contribution in [0, 0.1) is 0 Å². The van der Waals surface area contributed by atoms with E-state index in [0.717, 1.165) is 32.1 Å². The van der Waals surface area contributed by atoms with Crippen molar-refractivity contribution >= 4 is 19.8 Å². The molecule has 286 valence electrons. The Labute approximate surface area is 295 Å². The van der Waals surface area contributed by atoms with Crippen molar-refractivity contribution in [1.29, 1.82) is 0 Å². The number of hydrogen-bond acceptors (Lipinski definition) is 8. The van der Waals surface area contributed by atoms with Gasteiger partial charge >= 0.3 is 19.8 Å². The standard InChI is InChI=1S/C38H76NO8P/c1-3-5-7-9-11-13-14-15-16-17-18-19-20-21-22-23-25-27-29-31-38(41)47-36(35-46-48(42,43)45-33-32-39)34-44-37(40)30-28-26-24-12-10-8-6-4-2/h36H,3-35,39H2,1-2H3,(H,42,43)/t36-/m1/s1. The number of nitrogens with two attached hydrogens (primary N) is 1. The molecule has 3 N–H and O–H groups in total. The van der Waals surface area contributed by atoms with Crippen molar-refractivity contribution in [1.82, 2.24) is 0 Å². The van der Waals surface area contributed by atoms with Gasteiger partial charge in [-0.05, 0) is 12.8 Å². The number of carbonyl (C=O) groups is 2. The topological polar surface area (TPSA) is 134 Å². The summed E-state index contributed by atoms with van der Waals surface area (Å²) in [6.07, 6.45) is 32.9. The van der Waals surface area contributed by atoms with Crippen LogP contribution in [0.15, 0.2) is 0 Å². The van der Waals surface area contributed by atoms with Crippen molar-refractivity contribution in [3.8, 4) is 0 Å². The van der Waals surface area contributed by atoms with Crippen LogP contribution in [0.2, 0.25) is 0 Å². The smallest absolute Gasteiger partial charge is 0.462 e. The van der Waals surface area contributed by atoms with Gasteiger partial charge in [0.05, 0.1) is 13.2 Å². The molecule has 0 spiro atoms. The Kier molecular flexibility index (Phi) is 35.1. The maximum absolute atomic E-state index is 12.5. The second kappa shape index (κ2) is 35.8. The Balaban J connectivity index is 4.05. The van der Waals surface area contributed by atoms with Crippen LogP contribution in [0.1, 0.15) is 200 Å². The number of rotatable bonds is 38. The molecule has 2 atom stereocenters. The SMILES string of the molecule is CCCCCCCCCCCCCCCCCCCCCC(=O)O[C@H](COC(=O)CCCCCCCCCC)COP(=O)(O)OCCN. The normalized spacial score (nSPS) is 13.3. The Morgan fingerprint density at radius 3 is 1.27 bits per heavy atom. The average molecular weight is 706 g/mol. The first-order valence-corrected chi connectivity index (χ1v) is 21.5. The highest BCUT2D eigenvalue weighted by Gasteiger charge is 2.26. The second-order valence-electron chi connectivity index (χ2n) is 13.5. The van der Waals surface area contributed by atoms with Crippen molar-refractivity contribution in [2.45, 2.75) is 206 Å². The number of ether oxygens (including phenoxy) is 2. The number of esters is 2. The quantitative estimate of drug-likeness (QED) is 0.0365. The van der Waals surface area contributed by atoms with E-state index in [1.54, 1.807) is 0 Å². The molecule has 0 aromatic heterocycles. The molecule has 0 aliphatic heterocycles. The molecule has 0 heterocycles. The van der Waals surface area contributed by atoms with Gasteiger partial charge in [-0.1, -0.05) is 174 Å². The third kappa shape index (κ3) is 34.9. The van der Waals surface area contributed by atoms with Crippen LogP contribution in [-0.4, -0.2) is 49.3 Å². The lowest BCUT2D eigenvalue weighted by atomic mass is 10.0. The molecule has 1 unspecified atom stereocenters. The van der Waals surface area contributed by atoms with E-state index in [1.807, 2.05) is 0 Å². The fraction of sp³-hybridized carbons (Fsp3) is 0.947. The molecule has 0 aromatic carbocycles. The van der Waals surface area contributed by atoms with Crippen molar-refractivity contribution in [2.24, 2.45) is 5.73 Å². The molecule has 10 heteroatoms. The summed E-state index contributed by atoms with van der Waals surface area (Å²) in [5.41, 5.74) is 5.33. The molecule has 9 nitrogen and oxygen atoms in total. The van der Waals surface area contributed by atoms with Crippen molar-refractivity contribution in [3.63, 3.8) is 0 Å². The molecular weight excluding hydrogens is 629 g/mol. The molecule has 0 saturated carbocycles. The zero-order valence-corrected chi connectivity index (χ0v) is 32.1. The van der Waals surface area contributed by atoms with E-state index in [1.165, 1.54) is 135 Å². The summed E-state index contributed by atoms with van der Waals surface area (Å²) in [6.45, 7) is 3.72. The monoisotopic (exact) mass is 706 g/mol. The summed E-state index contributed by atoms with van der Waals surface area (Å²) in [6, 6.07) is 0. The zero-order valence-electron chi connectivity index (χ0n) is 31.2. The molecule has 0 fully saturated rings. The van der Waals surface area contributed by atoms with Gasteiger partial charge in [0.2, 0.25) is 0 Å². The minimum absolute atomic E-state index is 0.0577. The molecule has 0 saturated heterocycles. The summed E-state index contributed by atoms with van der Waals surface area (Å²) in [5.74, 6) is -0.822.